The fraction of sp³-hybridized carbons (Fsp3) is 0.125. The number of hydrogen-bond donors (Lipinski definition) is 2. The maximum atomic E-state index is 12.2. The number of aromatic amines is 1. The minimum Gasteiger partial charge on any atom is -0.504 e. The summed E-state index contributed by atoms with van der Waals surface area (Å²) in [5, 5.41) is 16.2. The van der Waals surface area contributed by atoms with Crippen molar-refractivity contribution in [2.24, 2.45) is 0 Å². The summed E-state index contributed by atoms with van der Waals surface area (Å²) in [5.74, 6) is 1.24. The molecule has 0 aliphatic rings. The molecule has 1 heterocycles. The summed E-state index contributed by atoms with van der Waals surface area (Å²) < 4.78 is 11.8. The number of hydrogen-bond acceptors (Lipinski definition) is 5. The number of para-hydroxylation sites is 2. The Morgan fingerprint density at radius 2 is 1.83 bits per heavy atom. The van der Waals surface area contributed by atoms with Crippen LogP contribution in [-0.2, 0) is 0 Å². The Labute approximate surface area is 131 Å². The van der Waals surface area contributed by atoms with E-state index in [9.17, 15) is 9.90 Å². The lowest BCUT2D eigenvalue weighted by Gasteiger charge is -2.11. The molecule has 0 unspecified atom stereocenters. The van der Waals surface area contributed by atoms with Crippen LogP contribution in [0.25, 0.3) is 17.1 Å². The Hall–Kier alpha value is -3.22. The van der Waals surface area contributed by atoms with E-state index in [0.717, 1.165) is 0 Å². The average Bonchev–Trinajstić information content (AvgIpc) is 2.96. The predicted molar refractivity (Wildman–Crippen MR) is 84.4 cm³/mol. The molecule has 0 spiro atoms. The number of aromatic nitrogens is 3. The van der Waals surface area contributed by atoms with Crippen molar-refractivity contribution in [3.8, 4) is 34.3 Å². The molecule has 1 aromatic heterocycles. The van der Waals surface area contributed by atoms with Gasteiger partial charge in [-0.05, 0) is 30.3 Å². The van der Waals surface area contributed by atoms with Crippen molar-refractivity contribution in [1.29, 1.82) is 0 Å². The van der Waals surface area contributed by atoms with Crippen molar-refractivity contribution in [1.82, 2.24) is 14.8 Å². The highest BCUT2D eigenvalue weighted by molar-refractivity contribution is 5.64. The first-order chi connectivity index (χ1) is 11.2. The van der Waals surface area contributed by atoms with Crippen LogP contribution in [0.15, 0.2) is 47.3 Å². The molecule has 0 bridgehead atoms. The fourth-order valence-electron chi connectivity index (χ4n) is 2.35. The molecule has 0 saturated heterocycles. The smallest absolute Gasteiger partial charge is 0.348 e. The maximum absolute atomic E-state index is 12.2. The number of nitrogens with one attached hydrogen (secondary N) is 1. The second kappa shape index (κ2) is 5.88. The number of methoxy groups -OCH3 is 2. The SMILES string of the molecule is COc1cc(-c2n[nH]c(=O)n2-c2ccccc2OC)ccc1O. The van der Waals surface area contributed by atoms with Crippen LogP contribution in [0.3, 0.4) is 0 Å². The van der Waals surface area contributed by atoms with Crippen LogP contribution >= 0.6 is 0 Å². The zero-order valence-corrected chi connectivity index (χ0v) is 12.6. The molecule has 7 nitrogen and oxygen atoms in total. The minimum atomic E-state index is -0.392. The van der Waals surface area contributed by atoms with Gasteiger partial charge in [-0.2, -0.15) is 5.10 Å². The van der Waals surface area contributed by atoms with Gasteiger partial charge < -0.3 is 14.6 Å². The summed E-state index contributed by atoms with van der Waals surface area (Å²) in [6, 6.07) is 11.9. The molecule has 7 heteroatoms. The van der Waals surface area contributed by atoms with Gasteiger partial charge in [0.2, 0.25) is 0 Å². The van der Waals surface area contributed by atoms with E-state index in [1.54, 1.807) is 30.3 Å². The van der Waals surface area contributed by atoms with E-state index in [1.807, 2.05) is 6.07 Å². The Morgan fingerprint density at radius 1 is 1.09 bits per heavy atom. The molecule has 3 aromatic rings. The Balaban J connectivity index is 2.22. The number of nitrogens with zero attached hydrogens (tertiary/aromatic N) is 2. The van der Waals surface area contributed by atoms with Crippen molar-refractivity contribution in [2.45, 2.75) is 0 Å². The van der Waals surface area contributed by atoms with Crippen molar-refractivity contribution in [2.75, 3.05) is 14.2 Å². The van der Waals surface area contributed by atoms with E-state index in [0.29, 0.717) is 28.6 Å². The molecular weight excluding hydrogens is 298 g/mol. The quantitative estimate of drug-likeness (QED) is 0.768. The molecule has 0 fully saturated rings. The van der Waals surface area contributed by atoms with E-state index >= 15 is 0 Å². The summed E-state index contributed by atoms with van der Waals surface area (Å²) in [6.07, 6.45) is 0. The Bertz CT molecular complexity index is 898. The lowest BCUT2D eigenvalue weighted by atomic mass is 10.2. The highest BCUT2D eigenvalue weighted by Crippen LogP contribution is 2.32. The van der Waals surface area contributed by atoms with Crippen LogP contribution < -0.4 is 15.2 Å². The van der Waals surface area contributed by atoms with Crippen LogP contribution in [0.5, 0.6) is 17.2 Å². The van der Waals surface area contributed by atoms with Crippen molar-refractivity contribution in [3.63, 3.8) is 0 Å². The third-order valence-corrected chi connectivity index (χ3v) is 3.44. The first-order valence-electron chi connectivity index (χ1n) is 6.84. The molecule has 0 amide bonds. The first kappa shape index (κ1) is 14.7. The fourth-order valence-corrected chi connectivity index (χ4v) is 2.35. The van der Waals surface area contributed by atoms with Gasteiger partial charge in [-0.25, -0.2) is 14.5 Å². The van der Waals surface area contributed by atoms with Crippen LogP contribution in [0.4, 0.5) is 0 Å². The molecule has 23 heavy (non-hydrogen) atoms. The standard InChI is InChI=1S/C16H15N3O4/c1-22-13-6-4-3-5-11(13)19-15(17-18-16(19)21)10-7-8-12(20)14(9-10)23-2/h3-9,20H,1-2H3,(H,18,21). The van der Waals surface area contributed by atoms with Crippen LogP contribution in [-0.4, -0.2) is 34.1 Å². The molecule has 2 aromatic carbocycles. The van der Waals surface area contributed by atoms with Gasteiger partial charge >= 0.3 is 5.69 Å². The second-order valence-corrected chi connectivity index (χ2v) is 4.75. The van der Waals surface area contributed by atoms with E-state index < -0.39 is 5.69 Å². The topological polar surface area (TPSA) is 89.4 Å². The summed E-state index contributed by atoms with van der Waals surface area (Å²) in [6.45, 7) is 0. The number of phenols is 1. The van der Waals surface area contributed by atoms with Gasteiger partial charge in [0.15, 0.2) is 17.3 Å². The number of phenolic OH excluding ortho intramolecular Hbond substituents is 1. The summed E-state index contributed by atoms with van der Waals surface area (Å²) in [4.78, 5) is 12.2. The van der Waals surface area contributed by atoms with Gasteiger partial charge in [-0.3, -0.25) is 0 Å². The van der Waals surface area contributed by atoms with Crippen molar-refractivity contribution >= 4 is 0 Å². The van der Waals surface area contributed by atoms with E-state index in [1.165, 1.54) is 24.9 Å². The normalized spacial score (nSPS) is 10.5. The molecule has 118 valence electrons. The molecular formula is C16H15N3O4. The van der Waals surface area contributed by atoms with Crippen LogP contribution in [0.1, 0.15) is 0 Å². The number of H-pyrrole nitrogens is 1. The van der Waals surface area contributed by atoms with Gasteiger partial charge in [0.1, 0.15) is 5.75 Å². The lowest BCUT2D eigenvalue weighted by Crippen LogP contribution is -2.16. The van der Waals surface area contributed by atoms with Crippen molar-refractivity contribution in [3.05, 3.63) is 52.9 Å². The lowest BCUT2D eigenvalue weighted by molar-refractivity contribution is 0.373. The number of ether oxygens (including phenoxy) is 2. The van der Waals surface area contributed by atoms with Gasteiger partial charge in [-0.1, -0.05) is 12.1 Å². The maximum Gasteiger partial charge on any atom is 0.348 e. The Kier molecular flexibility index (Phi) is 3.76. The number of rotatable bonds is 4. The molecule has 0 radical (unpaired) electrons. The second-order valence-electron chi connectivity index (χ2n) is 4.75. The van der Waals surface area contributed by atoms with Gasteiger partial charge in [-0.15, -0.1) is 0 Å². The van der Waals surface area contributed by atoms with E-state index in [-0.39, 0.29) is 5.75 Å². The van der Waals surface area contributed by atoms with Gasteiger partial charge in [0.05, 0.1) is 19.9 Å². The summed E-state index contributed by atoms with van der Waals surface area (Å²) in [5.41, 5.74) is 0.788. The number of aromatic hydroxyl groups is 1. The van der Waals surface area contributed by atoms with E-state index in [2.05, 4.69) is 10.2 Å². The monoisotopic (exact) mass is 313 g/mol. The van der Waals surface area contributed by atoms with Crippen molar-refractivity contribution < 1.29 is 14.6 Å². The predicted octanol–water partition coefficient (Wildman–Crippen LogP) is 1.95. The highest BCUT2D eigenvalue weighted by atomic mass is 16.5. The molecule has 0 saturated carbocycles. The zero-order valence-electron chi connectivity index (χ0n) is 12.6. The average molecular weight is 313 g/mol. The zero-order chi connectivity index (χ0) is 16.4. The van der Waals surface area contributed by atoms with Crippen LogP contribution in [0.2, 0.25) is 0 Å². The molecule has 2 N–H and O–H groups in total. The summed E-state index contributed by atoms with van der Waals surface area (Å²) >= 11 is 0. The highest BCUT2D eigenvalue weighted by Gasteiger charge is 2.17. The van der Waals surface area contributed by atoms with Crippen LogP contribution in [0, 0.1) is 0 Å². The Morgan fingerprint density at radius 3 is 2.57 bits per heavy atom. The molecule has 3 rings (SSSR count). The van der Waals surface area contributed by atoms with Gasteiger partial charge in [0, 0.05) is 5.56 Å². The largest absolute Gasteiger partial charge is 0.504 e. The third-order valence-electron chi connectivity index (χ3n) is 3.44. The molecule has 0 atom stereocenters. The minimum absolute atomic E-state index is 0.0120. The van der Waals surface area contributed by atoms with E-state index in [4.69, 9.17) is 9.47 Å². The first-order valence-corrected chi connectivity index (χ1v) is 6.84. The third kappa shape index (κ3) is 2.52. The molecule has 0 aliphatic heterocycles. The molecule has 0 aliphatic carbocycles. The number of benzene rings is 2. The van der Waals surface area contributed by atoms with Gasteiger partial charge in [0.25, 0.3) is 0 Å². The summed E-state index contributed by atoms with van der Waals surface area (Å²) in [7, 11) is 2.99.